The van der Waals surface area contributed by atoms with Gasteiger partial charge in [0.05, 0.1) is 4.92 Å². The van der Waals surface area contributed by atoms with Gasteiger partial charge >= 0.3 is 0 Å². The third-order valence-corrected chi connectivity index (χ3v) is 4.03. The highest BCUT2D eigenvalue weighted by Crippen LogP contribution is 2.26. The molecule has 114 valence electrons. The van der Waals surface area contributed by atoms with Crippen LogP contribution in [0.25, 0.3) is 0 Å². The normalized spacial score (nSPS) is 10.1. The van der Waals surface area contributed by atoms with Gasteiger partial charge in [0.1, 0.15) is 5.69 Å². The summed E-state index contributed by atoms with van der Waals surface area (Å²) >= 11 is 3.39. The highest BCUT2D eigenvalue weighted by molar-refractivity contribution is 9.10. The largest absolute Gasteiger partial charge is 0.383 e. The fourth-order valence-corrected chi connectivity index (χ4v) is 2.21. The molecular weight excluding hydrogens is 350 g/mol. The second-order valence-electron chi connectivity index (χ2n) is 4.66. The maximum Gasteiger partial charge on any atom is 0.293 e. The van der Waals surface area contributed by atoms with Crippen molar-refractivity contribution >= 4 is 38.9 Å². The zero-order chi connectivity index (χ0) is 16.3. The van der Waals surface area contributed by atoms with Crippen LogP contribution < -0.4 is 10.6 Å². The van der Waals surface area contributed by atoms with Crippen molar-refractivity contribution < 1.29 is 9.72 Å². The van der Waals surface area contributed by atoms with E-state index in [1.807, 2.05) is 19.1 Å². The summed E-state index contributed by atoms with van der Waals surface area (Å²) in [6.07, 6.45) is 0. The van der Waals surface area contributed by atoms with E-state index in [1.165, 1.54) is 12.1 Å². The maximum atomic E-state index is 12.2. The molecule has 0 aromatic heterocycles. The Morgan fingerprint density at radius 1 is 1.23 bits per heavy atom. The average molecular weight is 364 g/mol. The summed E-state index contributed by atoms with van der Waals surface area (Å²) in [6.45, 7) is 1.91. The predicted octanol–water partition coefficient (Wildman–Crippen LogP) is 3.96. The first-order chi connectivity index (χ1) is 10.4. The number of nitrogens with zero attached hydrogens (tertiary/aromatic N) is 1. The summed E-state index contributed by atoms with van der Waals surface area (Å²) in [4.78, 5) is 22.7. The number of aryl methyl sites for hydroxylation is 1. The Hall–Kier alpha value is -2.41. The molecule has 0 radical (unpaired) electrons. The number of amides is 1. The van der Waals surface area contributed by atoms with Gasteiger partial charge in [0, 0.05) is 28.8 Å². The number of halogens is 1. The number of nitrogens with one attached hydrogen (secondary N) is 2. The molecule has 6 nitrogen and oxygen atoms in total. The zero-order valence-corrected chi connectivity index (χ0v) is 13.6. The summed E-state index contributed by atoms with van der Waals surface area (Å²) in [5, 5.41) is 16.5. The number of carbonyl (C=O) groups is 1. The van der Waals surface area contributed by atoms with E-state index in [2.05, 4.69) is 26.6 Å². The van der Waals surface area contributed by atoms with Crippen LogP contribution in [-0.2, 0) is 0 Å². The second kappa shape index (κ2) is 6.57. The van der Waals surface area contributed by atoms with Crippen molar-refractivity contribution in [2.45, 2.75) is 6.92 Å². The van der Waals surface area contributed by atoms with E-state index in [0.29, 0.717) is 11.4 Å². The topological polar surface area (TPSA) is 84.3 Å². The van der Waals surface area contributed by atoms with Crippen LogP contribution in [0.3, 0.4) is 0 Å². The lowest BCUT2D eigenvalue weighted by Crippen LogP contribution is -2.12. The molecule has 2 N–H and O–H groups in total. The van der Waals surface area contributed by atoms with Crippen LogP contribution in [0.5, 0.6) is 0 Å². The van der Waals surface area contributed by atoms with Gasteiger partial charge in [-0.25, -0.2) is 0 Å². The van der Waals surface area contributed by atoms with Gasteiger partial charge in [0.15, 0.2) is 0 Å². The first-order valence-corrected chi connectivity index (χ1v) is 7.25. The van der Waals surface area contributed by atoms with Gasteiger partial charge in [-0.15, -0.1) is 0 Å². The molecule has 0 saturated carbocycles. The summed E-state index contributed by atoms with van der Waals surface area (Å²) in [5.41, 5.74) is 2.06. The molecule has 0 heterocycles. The van der Waals surface area contributed by atoms with E-state index >= 15 is 0 Å². The summed E-state index contributed by atoms with van der Waals surface area (Å²) in [5.74, 6) is -0.396. The number of nitro groups is 1. The Morgan fingerprint density at radius 2 is 1.95 bits per heavy atom. The van der Waals surface area contributed by atoms with Gasteiger partial charge in [-0.2, -0.15) is 0 Å². The van der Waals surface area contributed by atoms with Crippen LogP contribution in [0.1, 0.15) is 15.9 Å². The van der Waals surface area contributed by atoms with E-state index in [1.54, 1.807) is 19.2 Å². The number of carbonyl (C=O) groups excluding carboxylic acids is 1. The molecule has 0 unspecified atom stereocenters. The molecule has 7 heteroatoms. The van der Waals surface area contributed by atoms with Crippen LogP contribution in [0, 0.1) is 17.0 Å². The van der Waals surface area contributed by atoms with Crippen molar-refractivity contribution in [2.75, 3.05) is 17.7 Å². The molecule has 22 heavy (non-hydrogen) atoms. The van der Waals surface area contributed by atoms with Crippen molar-refractivity contribution in [3.05, 3.63) is 62.1 Å². The molecule has 2 aromatic rings. The summed E-state index contributed by atoms with van der Waals surface area (Å²) in [6, 6.07) is 9.72. The van der Waals surface area contributed by atoms with Crippen molar-refractivity contribution in [3.63, 3.8) is 0 Å². The highest BCUT2D eigenvalue weighted by atomic mass is 79.9. The lowest BCUT2D eigenvalue weighted by Gasteiger charge is -2.08. The third kappa shape index (κ3) is 3.43. The summed E-state index contributed by atoms with van der Waals surface area (Å²) < 4.78 is 0.944. The molecule has 0 aliphatic rings. The first kappa shape index (κ1) is 16.0. The van der Waals surface area contributed by atoms with Crippen LogP contribution in [-0.4, -0.2) is 17.9 Å². The van der Waals surface area contributed by atoms with Crippen LogP contribution >= 0.6 is 15.9 Å². The Balaban J connectivity index is 2.27. The predicted molar refractivity (Wildman–Crippen MR) is 89.5 cm³/mol. The Bertz CT molecular complexity index is 747. The molecule has 0 fully saturated rings. The van der Waals surface area contributed by atoms with E-state index in [4.69, 9.17) is 0 Å². The summed E-state index contributed by atoms with van der Waals surface area (Å²) in [7, 11) is 1.59. The smallest absolute Gasteiger partial charge is 0.293 e. The molecule has 0 bridgehead atoms. The quantitative estimate of drug-likeness (QED) is 0.635. The first-order valence-electron chi connectivity index (χ1n) is 6.46. The van der Waals surface area contributed by atoms with Gasteiger partial charge in [-0.3, -0.25) is 14.9 Å². The van der Waals surface area contributed by atoms with Gasteiger partial charge in [0.2, 0.25) is 0 Å². The van der Waals surface area contributed by atoms with Crippen molar-refractivity contribution in [2.24, 2.45) is 0 Å². The molecular formula is C15H14BrN3O3. The van der Waals surface area contributed by atoms with Crippen molar-refractivity contribution in [3.8, 4) is 0 Å². The van der Waals surface area contributed by atoms with Gasteiger partial charge in [-0.05, 0) is 42.8 Å². The molecule has 2 aromatic carbocycles. The van der Waals surface area contributed by atoms with Crippen LogP contribution in [0.15, 0.2) is 40.9 Å². The second-order valence-corrected chi connectivity index (χ2v) is 5.51. The number of hydrogen-bond donors (Lipinski definition) is 2. The number of hydrogen-bond acceptors (Lipinski definition) is 4. The molecule has 1 amide bonds. The molecule has 0 aliphatic heterocycles. The van der Waals surface area contributed by atoms with E-state index in [-0.39, 0.29) is 11.3 Å². The minimum absolute atomic E-state index is 0.137. The zero-order valence-electron chi connectivity index (χ0n) is 12.0. The van der Waals surface area contributed by atoms with Gasteiger partial charge < -0.3 is 10.6 Å². The van der Waals surface area contributed by atoms with Crippen molar-refractivity contribution in [1.29, 1.82) is 0 Å². The van der Waals surface area contributed by atoms with E-state index < -0.39 is 10.8 Å². The van der Waals surface area contributed by atoms with Gasteiger partial charge in [0.25, 0.3) is 11.6 Å². The molecule has 0 atom stereocenters. The standard InChI is InChI=1S/C15H14BrN3O3/c1-9-7-11(4-5-12(9)16)18-15(20)10-3-6-13(17-2)14(8-10)19(21)22/h3-8,17H,1-2H3,(H,18,20). The minimum atomic E-state index is -0.521. The lowest BCUT2D eigenvalue weighted by atomic mass is 10.1. The van der Waals surface area contributed by atoms with Crippen molar-refractivity contribution in [1.82, 2.24) is 0 Å². The number of anilines is 2. The fraction of sp³-hybridized carbons (Fsp3) is 0.133. The molecule has 0 aliphatic carbocycles. The Morgan fingerprint density at radius 3 is 2.55 bits per heavy atom. The lowest BCUT2D eigenvalue weighted by molar-refractivity contribution is -0.384. The molecule has 0 saturated heterocycles. The Labute approximate surface area is 135 Å². The minimum Gasteiger partial charge on any atom is -0.383 e. The van der Waals surface area contributed by atoms with Gasteiger partial charge in [-0.1, -0.05) is 15.9 Å². The monoisotopic (exact) mass is 363 g/mol. The molecule has 0 spiro atoms. The van der Waals surface area contributed by atoms with E-state index in [0.717, 1.165) is 10.0 Å². The number of nitro benzene ring substituents is 1. The maximum absolute atomic E-state index is 12.2. The fourth-order valence-electron chi connectivity index (χ4n) is 1.96. The highest BCUT2D eigenvalue weighted by Gasteiger charge is 2.17. The number of benzene rings is 2. The van der Waals surface area contributed by atoms with E-state index in [9.17, 15) is 14.9 Å². The average Bonchev–Trinajstić information content (AvgIpc) is 2.50. The Kier molecular flexibility index (Phi) is 4.77. The SMILES string of the molecule is CNc1ccc(C(=O)Nc2ccc(Br)c(C)c2)cc1[N+](=O)[O-]. The number of rotatable bonds is 4. The van der Waals surface area contributed by atoms with Crippen LogP contribution in [0.4, 0.5) is 17.1 Å². The molecule has 2 rings (SSSR count). The van der Waals surface area contributed by atoms with Crippen LogP contribution in [0.2, 0.25) is 0 Å². The third-order valence-electron chi connectivity index (χ3n) is 3.14.